The number of aryl methyl sites for hydroxylation is 1. The molecule has 2 heteroatoms. The van der Waals surface area contributed by atoms with E-state index in [9.17, 15) is 0 Å². The molecule has 0 bridgehead atoms. The molecule has 0 spiro atoms. The van der Waals surface area contributed by atoms with E-state index >= 15 is 0 Å². The van der Waals surface area contributed by atoms with E-state index in [0.29, 0.717) is 6.04 Å². The molecule has 2 unspecified atom stereocenters. The summed E-state index contributed by atoms with van der Waals surface area (Å²) in [6.07, 6.45) is 6.30. The monoisotopic (exact) mass is 247 g/mol. The van der Waals surface area contributed by atoms with Crippen molar-refractivity contribution in [2.24, 2.45) is 5.92 Å². The van der Waals surface area contributed by atoms with Gasteiger partial charge < -0.3 is 10.1 Å². The first-order valence-electron chi connectivity index (χ1n) is 7.11. The molecule has 1 aromatic rings. The summed E-state index contributed by atoms with van der Waals surface area (Å²) in [7, 11) is 3.84. The first kappa shape index (κ1) is 13.4. The minimum absolute atomic E-state index is 0.706. The van der Waals surface area contributed by atoms with Crippen LogP contribution in [0.4, 0.5) is 0 Å². The Morgan fingerprint density at radius 3 is 2.83 bits per heavy atom. The molecular weight excluding hydrogens is 222 g/mol. The van der Waals surface area contributed by atoms with Crippen molar-refractivity contribution in [3.63, 3.8) is 0 Å². The van der Waals surface area contributed by atoms with Gasteiger partial charge in [0.2, 0.25) is 0 Å². The van der Waals surface area contributed by atoms with E-state index in [1.807, 2.05) is 0 Å². The van der Waals surface area contributed by atoms with Crippen molar-refractivity contribution in [2.75, 3.05) is 14.2 Å². The van der Waals surface area contributed by atoms with Gasteiger partial charge >= 0.3 is 0 Å². The number of rotatable bonds is 5. The van der Waals surface area contributed by atoms with Crippen LogP contribution in [0.15, 0.2) is 18.2 Å². The summed E-state index contributed by atoms with van der Waals surface area (Å²) in [6.45, 7) is 2.19. The largest absolute Gasteiger partial charge is 0.496 e. The minimum atomic E-state index is 0.706. The lowest BCUT2D eigenvalue weighted by atomic mass is 9.93. The van der Waals surface area contributed by atoms with Crippen LogP contribution in [0.2, 0.25) is 0 Å². The second-order valence-corrected chi connectivity index (χ2v) is 5.29. The molecule has 2 atom stereocenters. The number of methoxy groups -OCH3 is 1. The molecule has 0 amide bonds. The first-order valence-corrected chi connectivity index (χ1v) is 7.11. The smallest absolute Gasteiger partial charge is 0.122 e. The third-order valence-corrected chi connectivity index (χ3v) is 4.25. The summed E-state index contributed by atoms with van der Waals surface area (Å²) in [5, 5.41) is 3.46. The summed E-state index contributed by atoms with van der Waals surface area (Å²) in [5.41, 5.74) is 2.79. The van der Waals surface area contributed by atoms with Crippen molar-refractivity contribution < 1.29 is 4.74 Å². The van der Waals surface area contributed by atoms with Gasteiger partial charge in [0.25, 0.3) is 0 Å². The maximum atomic E-state index is 5.39. The predicted molar refractivity (Wildman–Crippen MR) is 76.3 cm³/mol. The normalized spacial score (nSPS) is 23.3. The molecule has 0 aliphatic heterocycles. The average Bonchev–Trinajstić information content (AvgIpc) is 2.85. The van der Waals surface area contributed by atoms with E-state index in [1.165, 1.54) is 36.8 Å². The van der Waals surface area contributed by atoms with Gasteiger partial charge in [-0.2, -0.15) is 0 Å². The molecular formula is C16H25NO. The fourth-order valence-corrected chi connectivity index (χ4v) is 3.20. The lowest BCUT2D eigenvalue weighted by Gasteiger charge is -2.19. The van der Waals surface area contributed by atoms with Crippen molar-refractivity contribution >= 4 is 0 Å². The van der Waals surface area contributed by atoms with Crippen LogP contribution in [-0.4, -0.2) is 20.2 Å². The zero-order chi connectivity index (χ0) is 13.0. The fourth-order valence-electron chi connectivity index (χ4n) is 3.20. The van der Waals surface area contributed by atoms with Crippen LogP contribution < -0.4 is 10.1 Å². The van der Waals surface area contributed by atoms with Gasteiger partial charge in [-0.25, -0.2) is 0 Å². The van der Waals surface area contributed by atoms with Crippen LogP contribution in [0, 0.1) is 5.92 Å². The lowest BCUT2D eigenvalue weighted by Crippen LogP contribution is -2.30. The Morgan fingerprint density at radius 1 is 1.33 bits per heavy atom. The van der Waals surface area contributed by atoms with Crippen molar-refractivity contribution in [1.29, 1.82) is 0 Å². The molecule has 1 saturated carbocycles. The van der Waals surface area contributed by atoms with E-state index in [2.05, 4.69) is 37.5 Å². The highest BCUT2D eigenvalue weighted by molar-refractivity contribution is 5.37. The topological polar surface area (TPSA) is 21.3 Å². The second-order valence-electron chi connectivity index (χ2n) is 5.29. The Morgan fingerprint density at radius 2 is 2.17 bits per heavy atom. The minimum Gasteiger partial charge on any atom is -0.496 e. The molecule has 18 heavy (non-hydrogen) atoms. The second kappa shape index (κ2) is 6.24. The molecule has 100 valence electrons. The van der Waals surface area contributed by atoms with Gasteiger partial charge in [0, 0.05) is 6.04 Å². The number of benzene rings is 1. The highest BCUT2D eigenvalue weighted by atomic mass is 16.5. The quantitative estimate of drug-likeness (QED) is 0.863. The van der Waals surface area contributed by atoms with Gasteiger partial charge in [-0.15, -0.1) is 0 Å². The third-order valence-electron chi connectivity index (χ3n) is 4.25. The number of ether oxygens (including phenoxy) is 1. The summed E-state index contributed by atoms with van der Waals surface area (Å²) >= 11 is 0. The number of hydrogen-bond acceptors (Lipinski definition) is 2. The standard InChI is InChI=1S/C16H25NO/c1-4-13-10-12(8-9-16(13)18-3)11-14-6-5-7-15(14)17-2/h8-10,14-15,17H,4-7,11H2,1-3H3. The van der Waals surface area contributed by atoms with Gasteiger partial charge in [0.15, 0.2) is 0 Å². The molecule has 1 aliphatic rings. The van der Waals surface area contributed by atoms with E-state index in [1.54, 1.807) is 7.11 Å². The van der Waals surface area contributed by atoms with Crippen LogP contribution in [0.25, 0.3) is 0 Å². The molecule has 1 aliphatic carbocycles. The average molecular weight is 247 g/mol. The van der Waals surface area contributed by atoms with Crippen molar-refractivity contribution in [1.82, 2.24) is 5.32 Å². The summed E-state index contributed by atoms with van der Waals surface area (Å²) in [5.74, 6) is 1.82. The maximum Gasteiger partial charge on any atom is 0.122 e. The van der Waals surface area contributed by atoms with Gasteiger partial charge in [-0.3, -0.25) is 0 Å². The van der Waals surface area contributed by atoms with E-state index < -0.39 is 0 Å². The van der Waals surface area contributed by atoms with Crippen LogP contribution >= 0.6 is 0 Å². The zero-order valence-corrected chi connectivity index (χ0v) is 11.8. The Labute approximate surface area is 111 Å². The van der Waals surface area contributed by atoms with Gasteiger partial charge in [-0.1, -0.05) is 25.5 Å². The molecule has 2 rings (SSSR count). The highest BCUT2D eigenvalue weighted by Gasteiger charge is 2.25. The van der Waals surface area contributed by atoms with Gasteiger partial charge in [-0.05, 0) is 55.8 Å². The first-order chi connectivity index (χ1) is 8.78. The maximum absolute atomic E-state index is 5.39. The van der Waals surface area contributed by atoms with E-state index in [-0.39, 0.29) is 0 Å². The molecule has 0 heterocycles. The molecule has 2 nitrogen and oxygen atoms in total. The van der Waals surface area contributed by atoms with Crippen LogP contribution in [-0.2, 0) is 12.8 Å². The third kappa shape index (κ3) is 2.86. The fraction of sp³-hybridized carbons (Fsp3) is 0.625. The molecule has 1 aromatic carbocycles. The molecule has 0 aromatic heterocycles. The zero-order valence-electron chi connectivity index (χ0n) is 11.8. The molecule has 0 saturated heterocycles. The van der Waals surface area contributed by atoms with Crippen molar-refractivity contribution in [3.8, 4) is 5.75 Å². The van der Waals surface area contributed by atoms with Gasteiger partial charge in [0.1, 0.15) is 5.75 Å². The predicted octanol–water partition coefficient (Wildman–Crippen LogP) is 3.19. The summed E-state index contributed by atoms with van der Waals surface area (Å²) in [4.78, 5) is 0. The van der Waals surface area contributed by atoms with Crippen molar-refractivity contribution in [2.45, 2.75) is 45.1 Å². The Hall–Kier alpha value is -1.02. The molecule has 1 fully saturated rings. The molecule has 1 N–H and O–H groups in total. The highest BCUT2D eigenvalue weighted by Crippen LogP contribution is 2.30. The Kier molecular flexibility index (Phi) is 4.65. The summed E-state index contributed by atoms with van der Waals surface area (Å²) in [6, 6.07) is 7.38. The van der Waals surface area contributed by atoms with E-state index in [0.717, 1.165) is 18.1 Å². The molecule has 0 radical (unpaired) electrons. The Bertz CT molecular complexity index is 389. The van der Waals surface area contributed by atoms with Crippen LogP contribution in [0.1, 0.15) is 37.3 Å². The lowest BCUT2D eigenvalue weighted by molar-refractivity contribution is 0.408. The van der Waals surface area contributed by atoms with Crippen molar-refractivity contribution in [3.05, 3.63) is 29.3 Å². The number of nitrogens with one attached hydrogen (secondary N) is 1. The SMILES string of the molecule is CCc1cc(CC2CCCC2NC)ccc1OC. The van der Waals surface area contributed by atoms with E-state index in [4.69, 9.17) is 4.74 Å². The number of hydrogen-bond donors (Lipinski definition) is 1. The van der Waals surface area contributed by atoms with Crippen LogP contribution in [0.3, 0.4) is 0 Å². The Balaban J connectivity index is 2.09. The summed E-state index contributed by atoms with van der Waals surface area (Å²) < 4.78 is 5.39. The van der Waals surface area contributed by atoms with Crippen LogP contribution in [0.5, 0.6) is 5.75 Å². The van der Waals surface area contributed by atoms with Gasteiger partial charge in [0.05, 0.1) is 7.11 Å².